The molecule has 2 aromatic heterocycles. The second-order valence-electron chi connectivity index (χ2n) is 4.59. The minimum Gasteiger partial charge on any atom is -0.308 e. The van der Waals surface area contributed by atoms with Crippen LogP contribution in [-0.4, -0.2) is 31.7 Å². The van der Waals surface area contributed by atoms with Crippen molar-refractivity contribution in [2.75, 3.05) is 6.54 Å². The van der Waals surface area contributed by atoms with Gasteiger partial charge in [-0.2, -0.15) is 20.5 Å². The quantitative estimate of drug-likeness (QED) is 0.812. The fourth-order valence-electron chi connectivity index (χ4n) is 1.89. The number of H-pyrrole nitrogens is 1. The van der Waals surface area contributed by atoms with Gasteiger partial charge in [0.15, 0.2) is 0 Å². The molecule has 0 amide bonds. The van der Waals surface area contributed by atoms with Gasteiger partial charge in [0.05, 0.1) is 23.6 Å². The highest BCUT2D eigenvalue weighted by molar-refractivity contribution is 5.08. The molecule has 0 saturated heterocycles. The molecule has 0 saturated carbocycles. The number of hydrogen-bond donors (Lipinski definition) is 2. The monoisotopic (exact) mass is 248 g/mol. The molecule has 2 N–H and O–H groups in total. The van der Waals surface area contributed by atoms with Crippen molar-refractivity contribution in [3.63, 3.8) is 0 Å². The molecule has 2 aromatic rings. The fourth-order valence-corrected chi connectivity index (χ4v) is 1.89. The van der Waals surface area contributed by atoms with Gasteiger partial charge in [-0.25, -0.2) is 0 Å². The predicted molar refractivity (Wildman–Crippen MR) is 69.1 cm³/mol. The number of hydrogen-bond acceptors (Lipinski definition) is 4. The van der Waals surface area contributed by atoms with Gasteiger partial charge in [0.2, 0.25) is 0 Å². The van der Waals surface area contributed by atoms with E-state index >= 15 is 0 Å². The van der Waals surface area contributed by atoms with Crippen LogP contribution in [0.15, 0.2) is 18.5 Å². The van der Waals surface area contributed by atoms with E-state index in [1.165, 1.54) is 0 Å². The number of likely N-dealkylation sites (N-methyl/N-ethyl adjacent to an activating group) is 1. The van der Waals surface area contributed by atoms with Crippen LogP contribution in [-0.2, 0) is 6.42 Å². The van der Waals surface area contributed by atoms with E-state index in [0.717, 1.165) is 24.4 Å². The summed E-state index contributed by atoms with van der Waals surface area (Å²) in [5.41, 5.74) is 1.99. The van der Waals surface area contributed by atoms with E-state index in [1.807, 2.05) is 10.9 Å². The molecule has 6 nitrogen and oxygen atoms in total. The van der Waals surface area contributed by atoms with Crippen LogP contribution in [0.1, 0.15) is 44.2 Å². The van der Waals surface area contributed by atoms with Gasteiger partial charge in [-0.05, 0) is 26.5 Å². The van der Waals surface area contributed by atoms with Crippen molar-refractivity contribution in [3.05, 3.63) is 29.8 Å². The smallest absolute Gasteiger partial charge is 0.0997 e. The first kappa shape index (κ1) is 12.8. The van der Waals surface area contributed by atoms with Crippen LogP contribution in [0.3, 0.4) is 0 Å². The zero-order valence-corrected chi connectivity index (χ0v) is 11.1. The summed E-state index contributed by atoms with van der Waals surface area (Å²) < 4.78 is 1.97. The van der Waals surface area contributed by atoms with Gasteiger partial charge >= 0.3 is 0 Å². The Kier molecular flexibility index (Phi) is 4.09. The van der Waals surface area contributed by atoms with Gasteiger partial charge in [-0.1, -0.05) is 6.92 Å². The lowest BCUT2D eigenvalue weighted by atomic mass is 10.1. The first-order valence-corrected chi connectivity index (χ1v) is 6.33. The second-order valence-corrected chi connectivity index (χ2v) is 4.59. The molecular formula is C12H20N6. The van der Waals surface area contributed by atoms with E-state index in [4.69, 9.17) is 0 Å². The lowest BCUT2D eigenvalue weighted by Gasteiger charge is -2.13. The van der Waals surface area contributed by atoms with Gasteiger partial charge in [0.25, 0.3) is 0 Å². The zero-order valence-electron chi connectivity index (χ0n) is 11.1. The van der Waals surface area contributed by atoms with E-state index in [0.29, 0.717) is 6.04 Å². The first-order chi connectivity index (χ1) is 8.70. The van der Waals surface area contributed by atoms with E-state index < -0.39 is 0 Å². The van der Waals surface area contributed by atoms with Crippen molar-refractivity contribution < 1.29 is 0 Å². The Bertz CT molecular complexity index is 459. The fraction of sp³-hybridized carbons (Fsp3) is 0.583. The number of nitrogens with zero attached hydrogens (tertiary/aromatic N) is 4. The van der Waals surface area contributed by atoms with Crippen molar-refractivity contribution in [3.8, 4) is 0 Å². The third-order valence-electron chi connectivity index (χ3n) is 2.85. The van der Waals surface area contributed by atoms with Crippen LogP contribution in [0.5, 0.6) is 0 Å². The van der Waals surface area contributed by atoms with E-state index in [1.54, 1.807) is 6.20 Å². The molecule has 6 heteroatoms. The Morgan fingerprint density at radius 2 is 2.28 bits per heavy atom. The van der Waals surface area contributed by atoms with Crippen molar-refractivity contribution in [2.45, 2.75) is 39.3 Å². The van der Waals surface area contributed by atoms with Gasteiger partial charge < -0.3 is 5.32 Å². The summed E-state index contributed by atoms with van der Waals surface area (Å²) >= 11 is 0. The van der Waals surface area contributed by atoms with Crippen molar-refractivity contribution in [1.82, 2.24) is 30.5 Å². The maximum absolute atomic E-state index is 4.56. The molecule has 2 rings (SSSR count). The molecular weight excluding hydrogens is 228 g/mol. The highest BCUT2D eigenvalue weighted by Gasteiger charge is 2.15. The molecule has 0 aliphatic heterocycles. The summed E-state index contributed by atoms with van der Waals surface area (Å²) in [5.74, 6) is 0. The minimum atomic E-state index is 0.157. The highest BCUT2D eigenvalue weighted by Crippen LogP contribution is 2.15. The lowest BCUT2D eigenvalue weighted by molar-refractivity contribution is 0.501. The van der Waals surface area contributed by atoms with Crippen LogP contribution in [0.4, 0.5) is 0 Å². The van der Waals surface area contributed by atoms with Gasteiger partial charge in [-0.15, -0.1) is 0 Å². The Labute approximate surface area is 107 Å². The van der Waals surface area contributed by atoms with Crippen LogP contribution in [0, 0.1) is 0 Å². The molecule has 18 heavy (non-hydrogen) atoms. The molecule has 0 aromatic carbocycles. The molecule has 0 radical (unpaired) electrons. The molecule has 0 aliphatic carbocycles. The van der Waals surface area contributed by atoms with Crippen LogP contribution >= 0.6 is 0 Å². The van der Waals surface area contributed by atoms with Gasteiger partial charge in [-0.3, -0.25) is 4.68 Å². The van der Waals surface area contributed by atoms with Crippen LogP contribution < -0.4 is 5.32 Å². The predicted octanol–water partition coefficient (Wildman–Crippen LogP) is 1.48. The Hall–Kier alpha value is -1.69. The summed E-state index contributed by atoms with van der Waals surface area (Å²) in [5, 5.41) is 18.6. The number of aromatic amines is 1. The summed E-state index contributed by atoms with van der Waals surface area (Å²) in [6.45, 7) is 7.22. The molecule has 0 aliphatic rings. The summed E-state index contributed by atoms with van der Waals surface area (Å²) in [6.07, 6.45) is 4.60. The first-order valence-electron chi connectivity index (χ1n) is 6.33. The largest absolute Gasteiger partial charge is 0.308 e. The third kappa shape index (κ3) is 2.95. The third-order valence-corrected chi connectivity index (χ3v) is 2.85. The number of nitrogens with one attached hydrogen (secondary N) is 2. The minimum absolute atomic E-state index is 0.157. The maximum atomic E-state index is 4.56. The Morgan fingerprint density at radius 3 is 2.83 bits per heavy atom. The summed E-state index contributed by atoms with van der Waals surface area (Å²) in [4.78, 5) is 0. The average molecular weight is 248 g/mol. The standard InChI is InChI=1S/C12H20N6/c1-4-13-11(12-8-14-17-15-12)7-10-5-6-18(16-10)9(2)3/h5-6,8-9,11,13H,4,7H2,1-3H3,(H,14,15,17). The molecule has 0 spiro atoms. The maximum Gasteiger partial charge on any atom is 0.0997 e. The van der Waals surface area contributed by atoms with Crippen LogP contribution in [0.25, 0.3) is 0 Å². The van der Waals surface area contributed by atoms with E-state index in [9.17, 15) is 0 Å². The van der Waals surface area contributed by atoms with Crippen molar-refractivity contribution in [1.29, 1.82) is 0 Å². The van der Waals surface area contributed by atoms with Crippen LogP contribution in [0.2, 0.25) is 0 Å². The topological polar surface area (TPSA) is 71.4 Å². The second kappa shape index (κ2) is 5.77. The number of aromatic nitrogens is 5. The lowest BCUT2D eigenvalue weighted by Crippen LogP contribution is -2.23. The van der Waals surface area contributed by atoms with Gasteiger partial charge in [0.1, 0.15) is 0 Å². The molecule has 0 bridgehead atoms. The van der Waals surface area contributed by atoms with Crippen molar-refractivity contribution >= 4 is 0 Å². The molecule has 0 fully saturated rings. The van der Waals surface area contributed by atoms with E-state index in [-0.39, 0.29) is 6.04 Å². The van der Waals surface area contributed by atoms with Gasteiger partial charge in [0, 0.05) is 18.7 Å². The molecule has 98 valence electrons. The Morgan fingerprint density at radius 1 is 1.44 bits per heavy atom. The highest BCUT2D eigenvalue weighted by atomic mass is 15.3. The molecule has 1 atom stereocenters. The summed E-state index contributed by atoms with van der Waals surface area (Å²) in [7, 11) is 0. The normalized spacial score (nSPS) is 13.1. The summed E-state index contributed by atoms with van der Waals surface area (Å²) in [6, 6.07) is 2.61. The van der Waals surface area contributed by atoms with Crippen molar-refractivity contribution in [2.24, 2.45) is 0 Å². The molecule has 1 unspecified atom stereocenters. The molecule has 2 heterocycles. The average Bonchev–Trinajstić information content (AvgIpc) is 2.99. The SMILES string of the molecule is CCNC(Cc1ccn(C(C)C)n1)c1cn[nH]n1. The van der Waals surface area contributed by atoms with E-state index in [2.05, 4.69) is 52.7 Å². The zero-order chi connectivity index (χ0) is 13.0. The number of rotatable bonds is 6. The Balaban J connectivity index is 2.08.